The van der Waals surface area contributed by atoms with Crippen LogP contribution in [0.25, 0.3) is 0 Å². The van der Waals surface area contributed by atoms with Crippen molar-refractivity contribution in [2.75, 3.05) is 11.9 Å². The van der Waals surface area contributed by atoms with Crippen LogP contribution in [0, 0.1) is 0 Å². The Bertz CT molecular complexity index is 504. The average Bonchev–Trinajstić information content (AvgIpc) is 2.76. The predicted molar refractivity (Wildman–Crippen MR) is 71.5 cm³/mol. The van der Waals surface area contributed by atoms with Crippen LogP contribution < -0.4 is 5.32 Å². The van der Waals surface area contributed by atoms with E-state index in [1.165, 1.54) is 5.69 Å². The number of hydrogen-bond donors (Lipinski definition) is 1. The quantitative estimate of drug-likeness (QED) is 0.875. The summed E-state index contributed by atoms with van der Waals surface area (Å²) in [6.45, 7) is 5.03. The molecule has 0 unspecified atom stereocenters. The molecule has 96 valence electrons. The molecular formula is C13H19N5. The van der Waals surface area contributed by atoms with Crippen molar-refractivity contribution in [3.05, 3.63) is 36.3 Å². The summed E-state index contributed by atoms with van der Waals surface area (Å²) in [5, 5.41) is 3.31. The molecule has 1 N–H and O–H groups in total. The van der Waals surface area contributed by atoms with E-state index < -0.39 is 0 Å². The van der Waals surface area contributed by atoms with Crippen LogP contribution in [-0.4, -0.2) is 26.1 Å². The summed E-state index contributed by atoms with van der Waals surface area (Å²) in [4.78, 5) is 12.8. The summed E-state index contributed by atoms with van der Waals surface area (Å²) in [6.07, 6.45) is 6.43. The van der Waals surface area contributed by atoms with Gasteiger partial charge in [0, 0.05) is 44.0 Å². The van der Waals surface area contributed by atoms with Gasteiger partial charge in [-0.25, -0.2) is 15.0 Å². The van der Waals surface area contributed by atoms with Crippen molar-refractivity contribution >= 4 is 5.82 Å². The average molecular weight is 245 g/mol. The van der Waals surface area contributed by atoms with Gasteiger partial charge < -0.3 is 9.88 Å². The maximum Gasteiger partial charge on any atom is 0.133 e. The molecule has 0 fully saturated rings. The second kappa shape index (κ2) is 5.62. The Hall–Kier alpha value is -1.91. The van der Waals surface area contributed by atoms with Crippen LogP contribution in [0.1, 0.15) is 31.3 Å². The van der Waals surface area contributed by atoms with Crippen molar-refractivity contribution in [3.63, 3.8) is 0 Å². The Balaban J connectivity index is 1.90. The van der Waals surface area contributed by atoms with Crippen molar-refractivity contribution < 1.29 is 0 Å². The van der Waals surface area contributed by atoms with Gasteiger partial charge in [-0.1, -0.05) is 13.8 Å². The van der Waals surface area contributed by atoms with Crippen molar-refractivity contribution in [1.82, 2.24) is 19.5 Å². The zero-order valence-electron chi connectivity index (χ0n) is 11.1. The summed E-state index contributed by atoms with van der Waals surface area (Å²) < 4.78 is 2.03. The smallest absolute Gasteiger partial charge is 0.133 e. The topological polar surface area (TPSA) is 55.6 Å². The molecule has 0 aliphatic carbocycles. The number of aromatic nitrogens is 4. The normalized spacial score (nSPS) is 10.9. The van der Waals surface area contributed by atoms with Gasteiger partial charge in [-0.2, -0.15) is 0 Å². The highest BCUT2D eigenvalue weighted by atomic mass is 15.0. The van der Waals surface area contributed by atoms with E-state index in [1.54, 1.807) is 6.20 Å². The molecule has 2 rings (SSSR count). The molecule has 2 aromatic heterocycles. The third-order valence-electron chi connectivity index (χ3n) is 2.79. The Morgan fingerprint density at radius 3 is 2.89 bits per heavy atom. The van der Waals surface area contributed by atoms with Gasteiger partial charge in [-0.3, -0.25) is 0 Å². The Morgan fingerprint density at radius 1 is 1.39 bits per heavy atom. The zero-order chi connectivity index (χ0) is 13.0. The largest absolute Gasteiger partial charge is 0.370 e. The van der Waals surface area contributed by atoms with E-state index in [1.807, 2.05) is 30.2 Å². The molecule has 5 heteroatoms. The van der Waals surface area contributed by atoms with Crippen molar-refractivity contribution in [1.29, 1.82) is 0 Å². The highest BCUT2D eigenvalue weighted by Crippen LogP contribution is 2.10. The summed E-state index contributed by atoms with van der Waals surface area (Å²) >= 11 is 0. The Kier molecular flexibility index (Phi) is 3.92. The minimum Gasteiger partial charge on any atom is -0.370 e. The van der Waals surface area contributed by atoms with Gasteiger partial charge in [0.1, 0.15) is 11.6 Å². The maximum absolute atomic E-state index is 4.47. The summed E-state index contributed by atoms with van der Waals surface area (Å²) in [5.74, 6) is 2.11. The first-order chi connectivity index (χ1) is 8.66. The molecule has 18 heavy (non-hydrogen) atoms. The minimum absolute atomic E-state index is 0.351. The summed E-state index contributed by atoms with van der Waals surface area (Å²) in [7, 11) is 2.00. The lowest BCUT2D eigenvalue weighted by Gasteiger charge is -2.08. The fourth-order valence-electron chi connectivity index (χ4n) is 1.69. The fraction of sp³-hybridized carbons (Fsp3) is 0.462. The lowest BCUT2D eigenvalue weighted by molar-refractivity contribution is 0.771. The number of nitrogens with zero attached hydrogens (tertiary/aromatic N) is 4. The van der Waals surface area contributed by atoms with Gasteiger partial charge in [0.25, 0.3) is 0 Å². The number of imidazole rings is 1. The lowest BCUT2D eigenvalue weighted by Crippen LogP contribution is -2.10. The first-order valence-corrected chi connectivity index (χ1v) is 6.19. The lowest BCUT2D eigenvalue weighted by atomic mass is 10.2. The molecule has 2 aromatic rings. The zero-order valence-corrected chi connectivity index (χ0v) is 11.1. The molecule has 0 radical (unpaired) electrons. The monoisotopic (exact) mass is 245 g/mol. The molecule has 0 atom stereocenters. The molecule has 0 aromatic carbocycles. The second-order valence-corrected chi connectivity index (χ2v) is 4.63. The standard InChI is InChI=1S/C13H19N5/c1-10(2)13-16-7-5-12(17-13)15-6-4-11-8-14-9-18(11)3/h5,7-10H,4,6H2,1-3H3,(H,15,16,17). The number of anilines is 1. The SMILES string of the molecule is CC(C)c1nccc(NCCc2cncn2C)n1. The second-order valence-electron chi connectivity index (χ2n) is 4.63. The number of aryl methyl sites for hydroxylation is 1. The van der Waals surface area contributed by atoms with Gasteiger partial charge in [0.05, 0.1) is 6.33 Å². The van der Waals surface area contributed by atoms with Crippen molar-refractivity contribution in [2.45, 2.75) is 26.2 Å². The van der Waals surface area contributed by atoms with Gasteiger partial charge in [-0.05, 0) is 6.07 Å². The summed E-state index contributed by atoms with van der Waals surface area (Å²) in [6, 6.07) is 1.90. The van der Waals surface area contributed by atoms with E-state index in [9.17, 15) is 0 Å². The molecule has 0 aliphatic heterocycles. The van der Waals surface area contributed by atoms with Crippen LogP contribution in [0.15, 0.2) is 24.8 Å². The third kappa shape index (κ3) is 3.06. The van der Waals surface area contributed by atoms with Crippen molar-refractivity contribution in [2.24, 2.45) is 7.05 Å². The van der Waals surface area contributed by atoms with Gasteiger partial charge in [-0.15, -0.1) is 0 Å². The van der Waals surface area contributed by atoms with Crippen LogP contribution in [0.2, 0.25) is 0 Å². The highest BCUT2D eigenvalue weighted by Gasteiger charge is 2.03. The first-order valence-electron chi connectivity index (χ1n) is 6.19. The molecule has 2 heterocycles. The van der Waals surface area contributed by atoms with E-state index >= 15 is 0 Å². The molecule has 0 amide bonds. The summed E-state index contributed by atoms with van der Waals surface area (Å²) in [5.41, 5.74) is 1.21. The van der Waals surface area contributed by atoms with Crippen LogP contribution >= 0.6 is 0 Å². The third-order valence-corrected chi connectivity index (χ3v) is 2.79. The Labute approximate surface area is 107 Å². The highest BCUT2D eigenvalue weighted by molar-refractivity contribution is 5.33. The molecule has 0 bridgehead atoms. The molecule has 0 aliphatic rings. The van der Waals surface area contributed by atoms with Crippen molar-refractivity contribution in [3.8, 4) is 0 Å². The maximum atomic E-state index is 4.47. The molecular weight excluding hydrogens is 226 g/mol. The van der Waals surface area contributed by atoms with E-state index in [4.69, 9.17) is 0 Å². The van der Waals surface area contributed by atoms with Crippen LogP contribution in [0.4, 0.5) is 5.82 Å². The first kappa shape index (κ1) is 12.5. The van der Waals surface area contributed by atoms with Crippen LogP contribution in [-0.2, 0) is 13.5 Å². The Morgan fingerprint density at radius 2 is 2.22 bits per heavy atom. The van der Waals surface area contributed by atoms with Gasteiger partial charge in [0.15, 0.2) is 0 Å². The van der Waals surface area contributed by atoms with Crippen LogP contribution in [0.3, 0.4) is 0 Å². The fourth-order valence-corrected chi connectivity index (χ4v) is 1.69. The minimum atomic E-state index is 0.351. The molecule has 0 spiro atoms. The molecule has 0 saturated heterocycles. The number of rotatable bonds is 5. The van der Waals surface area contributed by atoms with E-state index in [2.05, 4.69) is 34.1 Å². The molecule has 5 nitrogen and oxygen atoms in total. The number of nitrogens with one attached hydrogen (secondary N) is 1. The van der Waals surface area contributed by atoms with Crippen LogP contribution in [0.5, 0.6) is 0 Å². The van der Waals surface area contributed by atoms with Gasteiger partial charge >= 0.3 is 0 Å². The van der Waals surface area contributed by atoms with E-state index in [0.29, 0.717) is 5.92 Å². The molecule has 0 saturated carbocycles. The number of hydrogen-bond acceptors (Lipinski definition) is 4. The van der Waals surface area contributed by atoms with E-state index in [0.717, 1.165) is 24.6 Å². The predicted octanol–water partition coefficient (Wildman–Crippen LogP) is 1.99. The van der Waals surface area contributed by atoms with E-state index in [-0.39, 0.29) is 0 Å². The van der Waals surface area contributed by atoms with Gasteiger partial charge in [0.2, 0.25) is 0 Å².